The molecule has 1 aliphatic rings. The lowest BCUT2D eigenvalue weighted by Gasteiger charge is -2.02. The Hall–Kier alpha value is -1.48. The van der Waals surface area contributed by atoms with Crippen LogP contribution >= 0.6 is 0 Å². The zero-order chi connectivity index (χ0) is 9.54. The molecular weight excluding hydrogens is 176 g/mol. The Morgan fingerprint density at radius 2 is 2.14 bits per heavy atom. The van der Waals surface area contributed by atoms with E-state index in [1.165, 1.54) is 16.5 Å². The number of aromatic nitrogens is 1. The average Bonchev–Trinajstić information content (AvgIpc) is 2.51. The number of rotatable bonds is 0. The highest BCUT2D eigenvalue weighted by Gasteiger charge is 2.13. The summed E-state index contributed by atoms with van der Waals surface area (Å²) in [5.74, 6) is 0.344. The van der Waals surface area contributed by atoms with Crippen LogP contribution in [0.4, 0.5) is 0 Å². The molecule has 1 aliphatic heterocycles. The second kappa shape index (κ2) is 2.75. The van der Waals surface area contributed by atoms with Crippen molar-refractivity contribution in [3.05, 3.63) is 29.5 Å². The molecule has 3 heteroatoms. The zero-order valence-corrected chi connectivity index (χ0v) is 7.80. The lowest BCUT2D eigenvalue weighted by molar-refractivity contribution is 0.480. The van der Waals surface area contributed by atoms with Gasteiger partial charge in [0.05, 0.1) is 5.52 Å². The first-order valence-electron chi connectivity index (χ1n) is 4.88. The molecule has 3 nitrogen and oxygen atoms in total. The molecule has 72 valence electrons. The molecular formula is C11H12N2O. The molecule has 0 radical (unpaired) electrons. The van der Waals surface area contributed by atoms with E-state index in [1.807, 2.05) is 12.3 Å². The van der Waals surface area contributed by atoms with Crippen molar-refractivity contribution in [2.75, 3.05) is 6.54 Å². The summed E-state index contributed by atoms with van der Waals surface area (Å²) in [6, 6.07) is 3.75. The van der Waals surface area contributed by atoms with Crippen LogP contribution in [0.15, 0.2) is 18.3 Å². The maximum absolute atomic E-state index is 9.67. The van der Waals surface area contributed by atoms with Crippen LogP contribution in [0, 0.1) is 0 Å². The highest BCUT2D eigenvalue weighted by atomic mass is 16.3. The van der Waals surface area contributed by atoms with Crippen molar-refractivity contribution in [2.24, 2.45) is 0 Å². The fourth-order valence-corrected chi connectivity index (χ4v) is 2.17. The van der Waals surface area contributed by atoms with Gasteiger partial charge in [-0.3, -0.25) is 0 Å². The van der Waals surface area contributed by atoms with Crippen LogP contribution in [0.2, 0.25) is 0 Å². The fraction of sp³-hybridized carbons (Fsp3) is 0.273. The SMILES string of the molecule is Oc1ccc2c3c(c[nH]c13)CCNC2. The van der Waals surface area contributed by atoms with Gasteiger partial charge in [-0.2, -0.15) is 0 Å². The van der Waals surface area contributed by atoms with Crippen LogP contribution in [0.1, 0.15) is 11.1 Å². The normalized spacial score (nSPS) is 15.7. The summed E-state index contributed by atoms with van der Waals surface area (Å²) in [7, 11) is 0. The van der Waals surface area contributed by atoms with E-state index in [0.29, 0.717) is 5.75 Å². The summed E-state index contributed by atoms with van der Waals surface area (Å²) < 4.78 is 0. The summed E-state index contributed by atoms with van der Waals surface area (Å²) in [6.07, 6.45) is 3.03. The highest BCUT2D eigenvalue weighted by molar-refractivity contribution is 5.91. The van der Waals surface area contributed by atoms with Crippen LogP contribution < -0.4 is 5.32 Å². The van der Waals surface area contributed by atoms with Crippen molar-refractivity contribution in [3.63, 3.8) is 0 Å². The summed E-state index contributed by atoms with van der Waals surface area (Å²) in [6.45, 7) is 1.89. The molecule has 1 aromatic heterocycles. The minimum absolute atomic E-state index is 0.344. The third-order valence-corrected chi connectivity index (χ3v) is 2.87. The average molecular weight is 188 g/mol. The molecule has 2 heterocycles. The molecule has 0 bridgehead atoms. The quantitative estimate of drug-likeness (QED) is 0.587. The topological polar surface area (TPSA) is 48.0 Å². The van der Waals surface area contributed by atoms with Gasteiger partial charge in [-0.15, -0.1) is 0 Å². The maximum atomic E-state index is 9.67. The number of hydrogen-bond acceptors (Lipinski definition) is 2. The number of benzene rings is 1. The molecule has 1 aromatic carbocycles. The van der Waals surface area contributed by atoms with Crippen molar-refractivity contribution in [1.82, 2.24) is 10.3 Å². The van der Waals surface area contributed by atoms with E-state index in [2.05, 4.69) is 10.3 Å². The van der Waals surface area contributed by atoms with E-state index < -0.39 is 0 Å². The van der Waals surface area contributed by atoms with E-state index in [4.69, 9.17) is 0 Å². The lowest BCUT2D eigenvalue weighted by atomic mass is 10.1. The van der Waals surface area contributed by atoms with E-state index in [-0.39, 0.29) is 0 Å². The van der Waals surface area contributed by atoms with Crippen LogP contribution in [0.5, 0.6) is 5.75 Å². The first kappa shape index (κ1) is 7.88. The molecule has 2 aromatic rings. The third-order valence-electron chi connectivity index (χ3n) is 2.87. The van der Waals surface area contributed by atoms with Gasteiger partial charge < -0.3 is 15.4 Å². The predicted molar refractivity (Wildman–Crippen MR) is 55.4 cm³/mol. The zero-order valence-electron chi connectivity index (χ0n) is 7.80. The Bertz CT molecular complexity index is 487. The van der Waals surface area contributed by atoms with E-state index in [9.17, 15) is 5.11 Å². The Morgan fingerprint density at radius 3 is 3.07 bits per heavy atom. The molecule has 0 fully saturated rings. The molecule has 0 amide bonds. The number of phenols is 1. The molecule has 3 rings (SSSR count). The van der Waals surface area contributed by atoms with Gasteiger partial charge in [0, 0.05) is 18.1 Å². The van der Waals surface area contributed by atoms with Crippen LogP contribution in [-0.4, -0.2) is 16.6 Å². The van der Waals surface area contributed by atoms with Crippen LogP contribution in [-0.2, 0) is 13.0 Å². The smallest absolute Gasteiger partial charge is 0.139 e. The number of aromatic hydroxyl groups is 1. The van der Waals surface area contributed by atoms with Gasteiger partial charge in [0.25, 0.3) is 0 Å². The second-order valence-corrected chi connectivity index (χ2v) is 3.73. The minimum atomic E-state index is 0.344. The number of aromatic amines is 1. The van der Waals surface area contributed by atoms with Gasteiger partial charge >= 0.3 is 0 Å². The molecule has 3 N–H and O–H groups in total. The van der Waals surface area contributed by atoms with E-state index >= 15 is 0 Å². The first-order chi connectivity index (χ1) is 6.86. The summed E-state index contributed by atoms with van der Waals surface area (Å²) in [5.41, 5.74) is 3.45. The number of H-pyrrole nitrogens is 1. The maximum Gasteiger partial charge on any atom is 0.139 e. The standard InChI is InChI=1S/C11H12N2O/c14-9-2-1-7-5-12-4-3-8-6-13-11(9)10(7)8/h1-2,6,12-14H,3-5H2. The highest BCUT2D eigenvalue weighted by Crippen LogP contribution is 2.30. The Morgan fingerprint density at radius 1 is 1.21 bits per heavy atom. The van der Waals surface area contributed by atoms with Gasteiger partial charge in [0.15, 0.2) is 0 Å². The minimum Gasteiger partial charge on any atom is -0.506 e. The molecule has 0 spiro atoms. The lowest BCUT2D eigenvalue weighted by Crippen LogP contribution is -2.13. The summed E-state index contributed by atoms with van der Waals surface area (Å²) in [5, 5.41) is 14.2. The van der Waals surface area contributed by atoms with Crippen LogP contribution in [0.3, 0.4) is 0 Å². The van der Waals surface area contributed by atoms with Crippen LogP contribution in [0.25, 0.3) is 10.9 Å². The van der Waals surface area contributed by atoms with Gasteiger partial charge in [-0.05, 0) is 30.2 Å². The number of phenolic OH excluding ortho intramolecular Hbond substituents is 1. The number of nitrogens with one attached hydrogen (secondary N) is 2. The molecule has 0 unspecified atom stereocenters. The first-order valence-corrected chi connectivity index (χ1v) is 4.88. The van der Waals surface area contributed by atoms with Gasteiger partial charge in [0.2, 0.25) is 0 Å². The third kappa shape index (κ3) is 0.960. The monoisotopic (exact) mass is 188 g/mol. The molecule has 0 saturated heterocycles. The second-order valence-electron chi connectivity index (χ2n) is 3.73. The summed E-state index contributed by atoms with van der Waals surface area (Å²) in [4.78, 5) is 3.14. The van der Waals surface area contributed by atoms with E-state index in [0.717, 1.165) is 25.0 Å². The fourth-order valence-electron chi connectivity index (χ4n) is 2.17. The van der Waals surface area contributed by atoms with Crippen molar-refractivity contribution in [3.8, 4) is 5.75 Å². The van der Waals surface area contributed by atoms with Crippen molar-refractivity contribution in [1.29, 1.82) is 0 Å². The molecule has 0 atom stereocenters. The molecule has 0 aliphatic carbocycles. The Balaban J connectivity index is 2.41. The molecule has 0 saturated carbocycles. The Kier molecular flexibility index (Phi) is 1.55. The summed E-state index contributed by atoms with van der Waals surface area (Å²) >= 11 is 0. The molecule has 14 heavy (non-hydrogen) atoms. The van der Waals surface area contributed by atoms with Crippen molar-refractivity contribution < 1.29 is 5.11 Å². The van der Waals surface area contributed by atoms with Gasteiger partial charge in [0.1, 0.15) is 5.75 Å². The van der Waals surface area contributed by atoms with Gasteiger partial charge in [-0.1, -0.05) is 6.07 Å². The Labute approximate surface area is 81.8 Å². The van der Waals surface area contributed by atoms with Gasteiger partial charge in [-0.25, -0.2) is 0 Å². The predicted octanol–water partition coefficient (Wildman–Crippen LogP) is 1.52. The largest absolute Gasteiger partial charge is 0.506 e. The number of hydrogen-bond donors (Lipinski definition) is 3. The van der Waals surface area contributed by atoms with Crippen molar-refractivity contribution >= 4 is 10.9 Å². The van der Waals surface area contributed by atoms with Crippen molar-refractivity contribution in [2.45, 2.75) is 13.0 Å². The van der Waals surface area contributed by atoms with E-state index in [1.54, 1.807) is 6.07 Å².